The van der Waals surface area contributed by atoms with E-state index >= 15 is 0 Å². The maximum absolute atomic E-state index is 12.0. The average molecular weight is 576 g/mol. The van der Waals surface area contributed by atoms with Gasteiger partial charge >= 0.3 is 0 Å². The predicted octanol–water partition coefficient (Wildman–Crippen LogP) is 2.75. The van der Waals surface area contributed by atoms with Crippen LogP contribution in [0, 0.1) is 0 Å². The van der Waals surface area contributed by atoms with Crippen LogP contribution >= 0.6 is 24.0 Å². The lowest BCUT2D eigenvalue weighted by Gasteiger charge is -2.36. The molecule has 1 aromatic carbocycles. The van der Waals surface area contributed by atoms with Crippen LogP contribution in [-0.4, -0.2) is 87.2 Å². The molecule has 1 aliphatic heterocycles. The van der Waals surface area contributed by atoms with Gasteiger partial charge in [0.25, 0.3) is 0 Å². The normalized spacial score (nSPS) is 14.6. The van der Waals surface area contributed by atoms with Crippen LogP contribution in [0.25, 0.3) is 0 Å². The molecule has 1 aromatic rings. The molecule has 33 heavy (non-hydrogen) atoms. The third kappa shape index (κ3) is 10.4. The Hall–Kier alpha value is -1.75. The highest BCUT2D eigenvalue weighted by Crippen LogP contribution is 2.28. The number of nitrogens with one attached hydrogen (secondary N) is 2. The fourth-order valence-corrected chi connectivity index (χ4v) is 3.73. The van der Waals surface area contributed by atoms with Crippen LogP contribution in [0.1, 0.15) is 39.7 Å². The van der Waals surface area contributed by atoms with Gasteiger partial charge in [-0.1, -0.05) is 6.07 Å². The summed E-state index contributed by atoms with van der Waals surface area (Å²) >= 11 is 0. The molecule has 1 fully saturated rings. The molecule has 1 amide bonds. The van der Waals surface area contributed by atoms with Crippen LogP contribution in [0.4, 0.5) is 0 Å². The molecule has 8 nitrogen and oxygen atoms in total. The van der Waals surface area contributed by atoms with Crippen molar-refractivity contribution in [3.05, 3.63) is 23.8 Å². The van der Waals surface area contributed by atoms with Crippen LogP contribution < -0.4 is 20.1 Å². The van der Waals surface area contributed by atoms with E-state index in [0.29, 0.717) is 13.2 Å². The number of hydrogen-bond donors (Lipinski definition) is 2. The van der Waals surface area contributed by atoms with Crippen molar-refractivity contribution in [1.82, 2.24) is 20.4 Å². The Labute approximate surface area is 216 Å². The molecular weight excluding hydrogens is 533 g/mol. The largest absolute Gasteiger partial charge is 0.493 e. The second kappa shape index (κ2) is 16.0. The predicted molar refractivity (Wildman–Crippen MR) is 145 cm³/mol. The van der Waals surface area contributed by atoms with E-state index in [9.17, 15) is 4.79 Å². The minimum absolute atomic E-state index is 0. The molecule has 0 aromatic heterocycles. The molecular formula is C24H42IN5O3. The summed E-state index contributed by atoms with van der Waals surface area (Å²) in [5.74, 6) is 2.62. The summed E-state index contributed by atoms with van der Waals surface area (Å²) in [6.07, 6.45) is 1.90. The molecule has 0 radical (unpaired) electrons. The zero-order valence-electron chi connectivity index (χ0n) is 20.9. The molecule has 9 heteroatoms. The number of hydrogen-bond acceptors (Lipinski definition) is 5. The molecule has 0 atom stereocenters. The van der Waals surface area contributed by atoms with Crippen LogP contribution in [0.15, 0.2) is 23.2 Å². The molecule has 0 spiro atoms. The Morgan fingerprint density at radius 1 is 1.15 bits per heavy atom. The van der Waals surface area contributed by atoms with Crippen molar-refractivity contribution in [1.29, 1.82) is 0 Å². The molecule has 1 heterocycles. The van der Waals surface area contributed by atoms with Crippen LogP contribution in [0.3, 0.4) is 0 Å². The SMILES string of the molecule is CCNC(=NCCCc1ccc(OC)c(OCC)c1)N1CCN(CC(=O)NC(C)C)CC1.I. The van der Waals surface area contributed by atoms with E-state index < -0.39 is 0 Å². The highest BCUT2D eigenvalue weighted by Gasteiger charge is 2.21. The van der Waals surface area contributed by atoms with E-state index in [0.717, 1.165) is 69.6 Å². The molecule has 1 saturated heterocycles. The first kappa shape index (κ1) is 29.3. The maximum Gasteiger partial charge on any atom is 0.234 e. The van der Waals surface area contributed by atoms with Gasteiger partial charge in [-0.3, -0.25) is 14.7 Å². The second-order valence-corrected chi connectivity index (χ2v) is 8.24. The minimum atomic E-state index is 0. The van der Waals surface area contributed by atoms with E-state index in [1.54, 1.807) is 7.11 Å². The second-order valence-electron chi connectivity index (χ2n) is 8.24. The lowest BCUT2D eigenvalue weighted by Crippen LogP contribution is -2.54. The first-order valence-electron chi connectivity index (χ1n) is 11.8. The standard InChI is InChI=1S/C24H41N5O3.HI/c1-6-25-24(29-15-13-28(14-16-29)18-23(30)27-19(3)4)26-12-8-9-20-10-11-21(31-5)22(17-20)32-7-2;/h10-11,17,19H,6-9,12-16,18H2,1-5H3,(H,25,26)(H,27,30);1H. The first-order chi connectivity index (χ1) is 15.5. The van der Waals surface area contributed by atoms with Crippen molar-refractivity contribution < 1.29 is 14.3 Å². The van der Waals surface area contributed by atoms with E-state index in [1.807, 2.05) is 26.8 Å². The summed E-state index contributed by atoms with van der Waals surface area (Å²) in [5.41, 5.74) is 1.22. The number of aliphatic imine (C=N–C) groups is 1. The molecule has 0 bridgehead atoms. The van der Waals surface area contributed by atoms with E-state index in [1.165, 1.54) is 5.56 Å². The number of carbonyl (C=O) groups excluding carboxylic acids is 1. The number of rotatable bonds is 11. The number of guanidine groups is 1. The number of aryl methyl sites for hydroxylation is 1. The van der Waals surface area contributed by atoms with Gasteiger partial charge in [0.1, 0.15) is 0 Å². The Morgan fingerprint density at radius 3 is 2.48 bits per heavy atom. The van der Waals surface area contributed by atoms with Crippen LogP contribution in [0.5, 0.6) is 11.5 Å². The maximum atomic E-state index is 12.0. The first-order valence-corrected chi connectivity index (χ1v) is 11.8. The highest BCUT2D eigenvalue weighted by molar-refractivity contribution is 14.0. The van der Waals surface area contributed by atoms with Gasteiger partial charge in [-0.05, 0) is 58.2 Å². The van der Waals surface area contributed by atoms with Crippen LogP contribution in [-0.2, 0) is 11.2 Å². The fourth-order valence-electron chi connectivity index (χ4n) is 3.73. The number of benzene rings is 1. The number of piperazine rings is 1. The van der Waals surface area contributed by atoms with Crippen molar-refractivity contribution in [2.24, 2.45) is 4.99 Å². The van der Waals surface area contributed by atoms with Gasteiger partial charge in [0.15, 0.2) is 17.5 Å². The molecule has 0 unspecified atom stereocenters. The van der Waals surface area contributed by atoms with Gasteiger partial charge in [0, 0.05) is 45.3 Å². The average Bonchev–Trinajstić information content (AvgIpc) is 2.76. The third-order valence-electron chi connectivity index (χ3n) is 5.24. The Bertz CT molecular complexity index is 737. The molecule has 0 saturated carbocycles. The van der Waals surface area contributed by atoms with Crippen molar-refractivity contribution >= 4 is 35.8 Å². The summed E-state index contributed by atoms with van der Waals surface area (Å²) in [4.78, 5) is 21.4. The van der Waals surface area contributed by atoms with Crippen molar-refractivity contribution in [3.8, 4) is 11.5 Å². The fraction of sp³-hybridized carbons (Fsp3) is 0.667. The quantitative estimate of drug-likeness (QED) is 0.183. The van der Waals surface area contributed by atoms with E-state index in [-0.39, 0.29) is 35.9 Å². The van der Waals surface area contributed by atoms with Gasteiger partial charge in [-0.2, -0.15) is 0 Å². The summed E-state index contributed by atoms with van der Waals surface area (Å²) in [5, 5.41) is 6.38. The summed E-state index contributed by atoms with van der Waals surface area (Å²) in [6.45, 7) is 14.2. The Balaban J connectivity index is 0.00000544. The Morgan fingerprint density at radius 2 is 1.88 bits per heavy atom. The van der Waals surface area contributed by atoms with Gasteiger partial charge in [-0.15, -0.1) is 24.0 Å². The molecule has 1 aliphatic rings. The summed E-state index contributed by atoms with van der Waals surface area (Å²) in [7, 11) is 1.66. The molecule has 2 N–H and O–H groups in total. The van der Waals surface area contributed by atoms with Gasteiger partial charge in [0.05, 0.1) is 20.3 Å². The van der Waals surface area contributed by atoms with Gasteiger partial charge < -0.3 is 25.0 Å². The van der Waals surface area contributed by atoms with Crippen molar-refractivity contribution in [2.75, 3.05) is 59.5 Å². The van der Waals surface area contributed by atoms with Crippen LogP contribution in [0.2, 0.25) is 0 Å². The number of methoxy groups -OCH3 is 1. The lowest BCUT2D eigenvalue weighted by molar-refractivity contribution is -0.123. The van der Waals surface area contributed by atoms with Gasteiger partial charge in [0.2, 0.25) is 5.91 Å². The third-order valence-corrected chi connectivity index (χ3v) is 5.24. The molecule has 2 rings (SSSR count). The zero-order chi connectivity index (χ0) is 23.3. The van der Waals surface area contributed by atoms with Crippen molar-refractivity contribution in [3.63, 3.8) is 0 Å². The molecule has 188 valence electrons. The number of ether oxygens (including phenoxy) is 2. The number of halogens is 1. The van der Waals surface area contributed by atoms with E-state index in [2.05, 4.69) is 39.5 Å². The molecule has 0 aliphatic carbocycles. The summed E-state index contributed by atoms with van der Waals surface area (Å²) in [6, 6.07) is 6.30. The Kier molecular flexibility index (Phi) is 14.2. The topological polar surface area (TPSA) is 78.4 Å². The smallest absolute Gasteiger partial charge is 0.234 e. The lowest BCUT2D eigenvalue weighted by atomic mass is 10.1. The number of carbonyl (C=O) groups is 1. The minimum Gasteiger partial charge on any atom is -0.493 e. The zero-order valence-corrected chi connectivity index (χ0v) is 23.2. The number of nitrogens with zero attached hydrogens (tertiary/aromatic N) is 3. The monoisotopic (exact) mass is 575 g/mol. The van der Waals surface area contributed by atoms with Crippen molar-refractivity contribution in [2.45, 2.75) is 46.6 Å². The van der Waals surface area contributed by atoms with Gasteiger partial charge in [-0.25, -0.2) is 0 Å². The number of amides is 1. The van der Waals surface area contributed by atoms with E-state index in [4.69, 9.17) is 14.5 Å². The highest BCUT2D eigenvalue weighted by atomic mass is 127. The summed E-state index contributed by atoms with van der Waals surface area (Å²) < 4.78 is 11.0.